The summed E-state index contributed by atoms with van der Waals surface area (Å²) in [5.41, 5.74) is 2.67. The van der Waals surface area contributed by atoms with E-state index in [4.69, 9.17) is 9.52 Å². The maximum absolute atomic E-state index is 10.8. The first-order valence-electron chi connectivity index (χ1n) is 5.79. The van der Waals surface area contributed by atoms with Gasteiger partial charge in [0.1, 0.15) is 5.52 Å². The first-order chi connectivity index (χ1) is 8.56. The molecule has 18 heavy (non-hydrogen) atoms. The molecule has 0 radical (unpaired) electrons. The first kappa shape index (κ1) is 12.6. The van der Waals surface area contributed by atoms with Crippen LogP contribution in [0.2, 0.25) is 0 Å². The number of carbonyl (C=O) groups is 1. The molecule has 0 saturated carbocycles. The highest BCUT2D eigenvalue weighted by atomic mass is 16.4. The van der Waals surface area contributed by atoms with Crippen LogP contribution >= 0.6 is 0 Å². The van der Waals surface area contributed by atoms with Gasteiger partial charge in [0.05, 0.1) is 5.92 Å². The summed E-state index contributed by atoms with van der Waals surface area (Å²) < 4.78 is 5.24. The van der Waals surface area contributed by atoms with E-state index in [-0.39, 0.29) is 5.92 Å². The Labute approximate surface area is 105 Å². The number of oxazole rings is 1. The minimum atomic E-state index is -0.771. The number of carboxylic acid groups (broad SMARTS) is 1. The number of hydrogen-bond acceptors (Lipinski definition) is 4. The van der Waals surface area contributed by atoms with E-state index < -0.39 is 5.97 Å². The van der Waals surface area contributed by atoms with Gasteiger partial charge in [-0.15, -0.1) is 0 Å². The minimum Gasteiger partial charge on any atom is -0.481 e. The molecule has 0 amide bonds. The highest BCUT2D eigenvalue weighted by molar-refractivity contribution is 5.72. The van der Waals surface area contributed by atoms with Crippen LogP contribution in [0.1, 0.15) is 12.5 Å². The third-order valence-electron chi connectivity index (χ3n) is 2.86. The van der Waals surface area contributed by atoms with Crippen LogP contribution in [-0.2, 0) is 11.3 Å². The number of aliphatic carboxylic acids is 1. The van der Waals surface area contributed by atoms with Gasteiger partial charge in [0, 0.05) is 13.1 Å². The van der Waals surface area contributed by atoms with E-state index in [1.807, 2.05) is 30.1 Å². The molecule has 1 unspecified atom stereocenters. The Hall–Kier alpha value is -1.88. The molecule has 5 heteroatoms. The lowest BCUT2D eigenvalue weighted by Crippen LogP contribution is -2.28. The Kier molecular flexibility index (Phi) is 3.62. The fourth-order valence-electron chi connectivity index (χ4n) is 1.92. The maximum Gasteiger partial charge on any atom is 0.307 e. The Morgan fingerprint density at radius 2 is 2.33 bits per heavy atom. The minimum absolute atomic E-state index is 0.371. The molecular weight excluding hydrogens is 232 g/mol. The summed E-state index contributed by atoms with van der Waals surface area (Å²) in [6.45, 7) is 2.91. The fourth-order valence-corrected chi connectivity index (χ4v) is 1.92. The van der Waals surface area contributed by atoms with E-state index in [9.17, 15) is 4.79 Å². The zero-order chi connectivity index (χ0) is 13.1. The molecule has 2 aromatic rings. The van der Waals surface area contributed by atoms with Crippen molar-refractivity contribution in [3.8, 4) is 0 Å². The number of benzene rings is 1. The standard InChI is InChI=1S/C13H16N2O3/c1-9(13(16)17)6-15(2)7-10-3-4-11-12(5-10)18-8-14-11/h3-5,8-9H,6-7H2,1-2H3,(H,16,17). The highest BCUT2D eigenvalue weighted by Crippen LogP contribution is 2.15. The number of aromatic nitrogens is 1. The molecule has 0 fully saturated rings. The van der Waals surface area contributed by atoms with Crippen molar-refractivity contribution < 1.29 is 14.3 Å². The smallest absolute Gasteiger partial charge is 0.307 e. The lowest BCUT2D eigenvalue weighted by atomic mass is 10.1. The summed E-state index contributed by atoms with van der Waals surface area (Å²) in [4.78, 5) is 16.8. The van der Waals surface area contributed by atoms with Gasteiger partial charge in [0.15, 0.2) is 12.0 Å². The molecule has 1 N–H and O–H groups in total. The molecule has 2 rings (SSSR count). The molecular formula is C13H16N2O3. The second kappa shape index (κ2) is 5.18. The predicted octanol–water partition coefficient (Wildman–Crippen LogP) is 1.98. The van der Waals surface area contributed by atoms with Crippen molar-refractivity contribution in [2.75, 3.05) is 13.6 Å². The van der Waals surface area contributed by atoms with Gasteiger partial charge in [-0.3, -0.25) is 4.79 Å². The van der Waals surface area contributed by atoms with E-state index in [0.29, 0.717) is 13.1 Å². The van der Waals surface area contributed by atoms with Crippen LogP contribution in [0.3, 0.4) is 0 Å². The van der Waals surface area contributed by atoms with Crippen LogP contribution in [-0.4, -0.2) is 34.6 Å². The zero-order valence-electron chi connectivity index (χ0n) is 10.5. The molecule has 1 aromatic heterocycles. The SMILES string of the molecule is CC(CN(C)Cc1ccc2ncoc2c1)C(=O)O. The topological polar surface area (TPSA) is 66.6 Å². The Morgan fingerprint density at radius 3 is 3.06 bits per heavy atom. The summed E-state index contributed by atoms with van der Waals surface area (Å²) in [6.07, 6.45) is 1.42. The predicted molar refractivity (Wildman–Crippen MR) is 67.1 cm³/mol. The molecule has 0 saturated heterocycles. The van der Waals surface area contributed by atoms with Gasteiger partial charge in [0.25, 0.3) is 0 Å². The monoisotopic (exact) mass is 248 g/mol. The average Bonchev–Trinajstić information content (AvgIpc) is 2.75. The highest BCUT2D eigenvalue weighted by Gasteiger charge is 2.13. The van der Waals surface area contributed by atoms with Crippen molar-refractivity contribution in [2.24, 2.45) is 5.92 Å². The molecule has 1 heterocycles. The largest absolute Gasteiger partial charge is 0.481 e. The fraction of sp³-hybridized carbons (Fsp3) is 0.385. The van der Waals surface area contributed by atoms with Crippen molar-refractivity contribution in [1.82, 2.24) is 9.88 Å². The number of fused-ring (bicyclic) bond motifs is 1. The molecule has 0 spiro atoms. The lowest BCUT2D eigenvalue weighted by Gasteiger charge is -2.18. The molecule has 96 valence electrons. The third kappa shape index (κ3) is 2.87. The van der Waals surface area contributed by atoms with Crippen molar-refractivity contribution in [3.63, 3.8) is 0 Å². The van der Waals surface area contributed by atoms with E-state index in [1.165, 1.54) is 6.39 Å². The van der Waals surface area contributed by atoms with Gasteiger partial charge in [-0.25, -0.2) is 4.98 Å². The van der Waals surface area contributed by atoms with E-state index in [2.05, 4.69) is 4.98 Å². The van der Waals surface area contributed by atoms with Gasteiger partial charge in [-0.1, -0.05) is 13.0 Å². The van der Waals surface area contributed by atoms with Gasteiger partial charge < -0.3 is 14.4 Å². The second-order valence-electron chi connectivity index (χ2n) is 4.59. The zero-order valence-corrected chi connectivity index (χ0v) is 10.5. The molecule has 0 aliphatic heterocycles. The van der Waals surface area contributed by atoms with Crippen LogP contribution in [0.15, 0.2) is 29.0 Å². The molecule has 0 aliphatic rings. The molecule has 0 aliphatic carbocycles. The normalized spacial score (nSPS) is 13.1. The lowest BCUT2D eigenvalue weighted by molar-refractivity contribution is -0.141. The van der Waals surface area contributed by atoms with Gasteiger partial charge >= 0.3 is 5.97 Å². The van der Waals surface area contributed by atoms with Crippen LogP contribution in [0.4, 0.5) is 0 Å². The molecule has 5 nitrogen and oxygen atoms in total. The summed E-state index contributed by atoms with van der Waals surface area (Å²) in [7, 11) is 1.91. The quantitative estimate of drug-likeness (QED) is 0.876. The number of nitrogens with zero attached hydrogens (tertiary/aromatic N) is 2. The number of rotatable bonds is 5. The van der Waals surface area contributed by atoms with Gasteiger partial charge in [-0.2, -0.15) is 0 Å². The second-order valence-corrected chi connectivity index (χ2v) is 4.59. The molecule has 1 aromatic carbocycles. The maximum atomic E-state index is 10.8. The molecule has 1 atom stereocenters. The van der Waals surface area contributed by atoms with Gasteiger partial charge in [-0.05, 0) is 24.7 Å². The van der Waals surface area contributed by atoms with E-state index in [0.717, 1.165) is 16.7 Å². The van der Waals surface area contributed by atoms with Crippen LogP contribution in [0.25, 0.3) is 11.1 Å². The summed E-state index contributed by atoms with van der Waals surface area (Å²) in [5, 5.41) is 8.86. The number of carboxylic acids is 1. The Bertz CT molecular complexity index is 550. The number of hydrogen-bond donors (Lipinski definition) is 1. The van der Waals surface area contributed by atoms with E-state index in [1.54, 1.807) is 6.92 Å². The van der Waals surface area contributed by atoms with Crippen molar-refractivity contribution >= 4 is 17.1 Å². The molecule has 0 bridgehead atoms. The van der Waals surface area contributed by atoms with Crippen molar-refractivity contribution in [3.05, 3.63) is 30.2 Å². The summed E-state index contributed by atoms with van der Waals surface area (Å²) in [5.74, 6) is -1.14. The van der Waals surface area contributed by atoms with Crippen LogP contribution in [0.5, 0.6) is 0 Å². The van der Waals surface area contributed by atoms with Gasteiger partial charge in [0.2, 0.25) is 0 Å². The summed E-state index contributed by atoms with van der Waals surface area (Å²) in [6, 6.07) is 5.82. The average molecular weight is 248 g/mol. The Morgan fingerprint density at radius 1 is 1.56 bits per heavy atom. The van der Waals surface area contributed by atoms with Crippen molar-refractivity contribution in [2.45, 2.75) is 13.5 Å². The third-order valence-corrected chi connectivity index (χ3v) is 2.86. The van der Waals surface area contributed by atoms with E-state index >= 15 is 0 Å². The van der Waals surface area contributed by atoms with Crippen LogP contribution < -0.4 is 0 Å². The first-order valence-corrected chi connectivity index (χ1v) is 5.79. The van der Waals surface area contributed by atoms with Crippen LogP contribution in [0, 0.1) is 5.92 Å². The van der Waals surface area contributed by atoms with Crippen molar-refractivity contribution in [1.29, 1.82) is 0 Å². The summed E-state index contributed by atoms with van der Waals surface area (Å²) >= 11 is 0. The Balaban J connectivity index is 2.01.